The van der Waals surface area contributed by atoms with Crippen LogP contribution in [0.1, 0.15) is 21.8 Å². The van der Waals surface area contributed by atoms with Crippen molar-refractivity contribution in [2.24, 2.45) is 0 Å². The van der Waals surface area contributed by atoms with Gasteiger partial charge in [-0.15, -0.1) is 0 Å². The van der Waals surface area contributed by atoms with E-state index in [1.54, 1.807) is 0 Å². The van der Waals surface area contributed by atoms with Crippen LogP contribution in [0.2, 0.25) is 0 Å². The fourth-order valence-electron chi connectivity index (χ4n) is 1.84. The molecule has 2 N–H and O–H groups in total. The lowest BCUT2D eigenvalue weighted by Crippen LogP contribution is -2.16. The van der Waals surface area contributed by atoms with Crippen molar-refractivity contribution in [2.75, 3.05) is 4.72 Å². The topological polar surface area (TPSA) is 110 Å². The van der Waals surface area contributed by atoms with Crippen molar-refractivity contribution < 1.29 is 22.8 Å². The molecule has 0 aliphatic heterocycles. The normalized spacial score (nSPS) is 11.4. The monoisotopic (exact) mass is 374 g/mol. The van der Waals surface area contributed by atoms with Gasteiger partial charge >= 0.3 is 5.97 Å². The fraction of sp³-hybridized carbons (Fsp3) is 0.167. The number of aromatic carboxylic acids is 1. The number of hydrogen-bond donors (Lipinski definition) is 2. The Morgan fingerprint density at radius 3 is 2.57 bits per heavy atom. The molecule has 0 saturated carbocycles. The Labute approximate surface area is 129 Å². The Balaban J connectivity index is 2.50. The first-order valence-electron chi connectivity index (χ1n) is 5.71. The molecular formula is C12H11BrN2O5S. The van der Waals surface area contributed by atoms with E-state index in [1.807, 2.05) is 0 Å². The van der Waals surface area contributed by atoms with Crippen LogP contribution in [0.3, 0.4) is 0 Å². The van der Waals surface area contributed by atoms with Gasteiger partial charge in [0, 0.05) is 4.47 Å². The summed E-state index contributed by atoms with van der Waals surface area (Å²) in [5.74, 6) is -1.11. The van der Waals surface area contributed by atoms with E-state index >= 15 is 0 Å². The Hall–Kier alpha value is -1.87. The molecule has 0 bridgehead atoms. The third-order valence-corrected chi connectivity index (χ3v) is 4.80. The molecule has 0 aliphatic carbocycles. The molecule has 1 heterocycles. The molecule has 2 rings (SSSR count). The second-order valence-corrected chi connectivity index (χ2v) is 6.79. The number of carboxylic acid groups (broad SMARTS) is 1. The van der Waals surface area contributed by atoms with E-state index in [1.165, 1.54) is 32.0 Å². The summed E-state index contributed by atoms with van der Waals surface area (Å²) in [5, 5.41) is 12.7. The zero-order valence-corrected chi connectivity index (χ0v) is 13.4. The van der Waals surface area contributed by atoms with Crippen molar-refractivity contribution in [2.45, 2.75) is 18.7 Å². The van der Waals surface area contributed by atoms with Crippen LogP contribution in [-0.4, -0.2) is 24.7 Å². The fourth-order valence-corrected chi connectivity index (χ4v) is 3.61. The summed E-state index contributed by atoms with van der Waals surface area (Å²) in [4.78, 5) is 11.1. The van der Waals surface area contributed by atoms with Crippen molar-refractivity contribution in [3.8, 4) is 0 Å². The molecule has 21 heavy (non-hydrogen) atoms. The number of halogens is 1. The van der Waals surface area contributed by atoms with Gasteiger partial charge in [0.25, 0.3) is 10.0 Å². The van der Waals surface area contributed by atoms with Gasteiger partial charge in [-0.2, -0.15) is 0 Å². The van der Waals surface area contributed by atoms with Gasteiger partial charge in [-0.1, -0.05) is 21.1 Å². The van der Waals surface area contributed by atoms with Crippen molar-refractivity contribution in [1.29, 1.82) is 0 Å². The number of carboxylic acids is 1. The number of aryl methyl sites for hydroxylation is 2. The van der Waals surface area contributed by atoms with Crippen LogP contribution in [-0.2, 0) is 10.0 Å². The molecule has 1 aromatic carbocycles. The Morgan fingerprint density at radius 1 is 1.38 bits per heavy atom. The van der Waals surface area contributed by atoms with E-state index in [0.29, 0.717) is 4.47 Å². The minimum absolute atomic E-state index is 0.0364. The number of nitrogens with one attached hydrogen (secondary N) is 1. The molecule has 7 nitrogen and oxygen atoms in total. The number of nitrogens with zero attached hydrogens (tertiary/aromatic N) is 1. The first-order chi connectivity index (χ1) is 9.72. The van der Waals surface area contributed by atoms with E-state index in [0.717, 1.165) is 0 Å². The molecule has 9 heteroatoms. The number of benzene rings is 1. The van der Waals surface area contributed by atoms with E-state index in [2.05, 4.69) is 25.8 Å². The number of aromatic nitrogens is 1. The molecule has 112 valence electrons. The molecular weight excluding hydrogens is 364 g/mol. The van der Waals surface area contributed by atoms with Crippen LogP contribution in [0.5, 0.6) is 0 Å². The predicted octanol–water partition coefficient (Wildman–Crippen LogP) is 2.55. The molecule has 0 fully saturated rings. The average molecular weight is 375 g/mol. The molecule has 0 saturated heterocycles. The highest BCUT2D eigenvalue weighted by atomic mass is 79.9. The van der Waals surface area contributed by atoms with Crippen LogP contribution in [0, 0.1) is 13.8 Å². The van der Waals surface area contributed by atoms with E-state index in [9.17, 15) is 13.2 Å². The van der Waals surface area contributed by atoms with Gasteiger partial charge in [0.15, 0.2) is 10.7 Å². The number of hydrogen-bond acceptors (Lipinski definition) is 5. The highest BCUT2D eigenvalue weighted by molar-refractivity contribution is 9.10. The second-order valence-electron chi connectivity index (χ2n) is 4.25. The molecule has 0 amide bonds. The van der Waals surface area contributed by atoms with E-state index < -0.39 is 16.0 Å². The van der Waals surface area contributed by atoms with E-state index in [4.69, 9.17) is 9.63 Å². The van der Waals surface area contributed by atoms with Gasteiger partial charge in [0.05, 0.1) is 11.3 Å². The average Bonchev–Trinajstić information content (AvgIpc) is 2.71. The van der Waals surface area contributed by atoms with Crippen molar-refractivity contribution >= 4 is 37.6 Å². The summed E-state index contributed by atoms with van der Waals surface area (Å²) in [6, 6.07) is 4.22. The predicted molar refractivity (Wildman–Crippen MR) is 77.9 cm³/mol. The summed E-state index contributed by atoms with van der Waals surface area (Å²) in [5.41, 5.74) is -0.000558. The molecule has 0 atom stereocenters. The maximum atomic E-state index is 12.3. The van der Waals surface area contributed by atoms with Gasteiger partial charge in [-0.25, -0.2) is 13.2 Å². The summed E-state index contributed by atoms with van der Waals surface area (Å²) in [7, 11) is -3.99. The quantitative estimate of drug-likeness (QED) is 0.850. The Kier molecular flexibility index (Phi) is 4.06. The lowest BCUT2D eigenvalue weighted by atomic mass is 10.2. The maximum absolute atomic E-state index is 12.3. The van der Waals surface area contributed by atoms with Crippen LogP contribution in [0.15, 0.2) is 32.1 Å². The minimum atomic E-state index is -3.99. The third-order valence-electron chi connectivity index (χ3n) is 2.69. The maximum Gasteiger partial charge on any atom is 0.337 e. The zero-order valence-electron chi connectivity index (χ0n) is 11.0. The largest absolute Gasteiger partial charge is 0.478 e. The Morgan fingerprint density at radius 2 is 2.05 bits per heavy atom. The number of carbonyl (C=O) groups is 1. The highest BCUT2D eigenvalue weighted by Gasteiger charge is 2.26. The molecule has 0 spiro atoms. The van der Waals surface area contributed by atoms with Gasteiger partial charge in [-0.05, 0) is 32.0 Å². The van der Waals surface area contributed by atoms with Gasteiger partial charge in [0.2, 0.25) is 0 Å². The molecule has 1 aromatic heterocycles. The zero-order chi connectivity index (χ0) is 15.8. The summed E-state index contributed by atoms with van der Waals surface area (Å²) < 4.78 is 32.3. The minimum Gasteiger partial charge on any atom is -0.478 e. The molecule has 0 unspecified atom stereocenters. The summed E-state index contributed by atoms with van der Waals surface area (Å²) in [6.45, 7) is 2.96. The SMILES string of the molecule is Cc1noc(C)c1S(=O)(=O)Nc1ccc(Br)cc1C(=O)O. The lowest BCUT2D eigenvalue weighted by molar-refractivity contribution is 0.0698. The number of anilines is 1. The second kappa shape index (κ2) is 5.49. The van der Waals surface area contributed by atoms with Crippen molar-refractivity contribution in [3.63, 3.8) is 0 Å². The third kappa shape index (κ3) is 3.08. The number of sulfonamides is 1. The standard InChI is InChI=1S/C12H11BrN2O5S/c1-6-11(7(2)20-14-6)21(18,19)15-10-4-3-8(13)5-9(10)12(16)17/h3-5,15H,1-2H3,(H,16,17). The van der Waals surface area contributed by atoms with E-state index in [-0.39, 0.29) is 27.6 Å². The van der Waals surface area contributed by atoms with Crippen LogP contribution in [0.25, 0.3) is 0 Å². The number of rotatable bonds is 4. The molecule has 0 aliphatic rings. The lowest BCUT2D eigenvalue weighted by Gasteiger charge is -2.10. The highest BCUT2D eigenvalue weighted by Crippen LogP contribution is 2.26. The summed E-state index contributed by atoms with van der Waals surface area (Å²) in [6.07, 6.45) is 0. The first-order valence-corrected chi connectivity index (χ1v) is 7.98. The first kappa shape index (κ1) is 15.5. The van der Waals surface area contributed by atoms with Crippen molar-refractivity contribution in [3.05, 3.63) is 39.7 Å². The molecule has 2 aromatic rings. The smallest absolute Gasteiger partial charge is 0.337 e. The van der Waals surface area contributed by atoms with Gasteiger partial charge in [0.1, 0.15) is 5.69 Å². The Bertz CT molecular complexity index is 794. The van der Waals surface area contributed by atoms with Gasteiger partial charge < -0.3 is 9.63 Å². The van der Waals surface area contributed by atoms with Gasteiger partial charge in [-0.3, -0.25) is 4.72 Å². The molecule has 0 radical (unpaired) electrons. The van der Waals surface area contributed by atoms with Crippen LogP contribution < -0.4 is 4.72 Å². The van der Waals surface area contributed by atoms with Crippen LogP contribution >= 0.6 is 15.9 Å². The van der Waals surface area contributed by atoms with Crippen LogP contribution in [0.4, 0.5) is 5.69 Å². The summed E-state index contributed by atoms with van der Waals surface area (Å²) >= 11 is 3.14. The van der Waals surface area contributed by atoms with Crippen molar-refractivity contribution in [1.82, 2.24) is 5.16 Å².